The fourth-order valence-corrected chi connectivity index (χ4v) is 1.41. The van der Waals surface area contributed by atoms with Gasteiger partial charge in [0.25, 0.3) is 0 Å². The molecule has 0 aliphatic rings. The van der Waals surface area contributed by atoms with Gasteiger partial charge in [-0.3, -0.25) is 9.63 Å². The maximum Gasteiger partial charge on any atom is 0.160 e. The standard InChI is InChI=1S/C14H21NO2/c1-11(2)10-15-17-14(12(3)16)9-13-7-5-4-6-8-13/h4-8,11,14-15H,9-10H2,1-3H3. The minimum atomic E-state index is -0.406. The molecule has 0 fully saturated rings. The van der Waals surface area contributed by atoms with Crippen molar-refractivity contribution in [3.8, 4) is 0 Å². The van der Waals surface area contributed by atoms with Crippen molar-refractivity contribution >= 4 is 5.78 Å². The van der Waals surface area contributed by atoms with Crippen LogP contribution in [0.1, 0.15) is 26.3 Å². The van der Waals surface area contributed by atoms with Crippen molar-refractivity contribution in [3.63, 3.8) is 0 Å². The molecule has 1 unspecified atom stereocenters. The molecule has 0 radical (unpaired) electrons. The monoisotopic (exact) mass is 235 g/mol. The van der Waals surface area contributed by atoms with Crippen molar-refractivity contribution in [2.24, 2.45) is 5.92 Å². The van der Waals surface area contributed by atoms with E-state index >= 15 is 0 Å². The minimum Gasteiger partial charge on any atom is -0.297 e. The first-order chi connectivity index (χ1) is 8.09. The predicted octanol–water partition coefficient (Wildman–Crippen LogP) is 2.36. The second-order valence-corrected chi connectivity index (χ2v) is 4.65. The Labute approximate surface area is 103 Å². The van der Waals surface area contributed by atoms with E-state index < -0.39 is 6.10 Å². The number of Topliss-reactive ketones (excluding diaryl/α,β-unsaturated/α-hetero) is 1. The first-order valence-electron chi connectivity index (χ1n) is 6.02. The molecular weight excluding hydrogens is 214 g/mol. The lowest BCUT2D eigenvalue weighted by atomic mass is 10.1. The summed E-state index contributed by atoms with van der Waals surface area (Å²) in [6.07, 6.45) is 0.206. The fraction of sp³-hybridized carbons (Fsp3) is 0.500. The van der Waals surface area contributed by atoms with Crippen molar-refractivity contribution in [3.05, 3.63) is 35.9 Å². The third-order valence-electron chi connectivity index (χ3n) is 2.43. The van der Waals surface area contributed by atoms with E-state index in [9.17, 15) is 4.79 Å². The van der Waals surface area contributed by atoms with Gasteiger partial charge in [-0.05, 0) is 18.4 Å². The zero-order valence-electron chi connectivity index (χ0n) is 10.8. The first-order valence-corrected chi connectivity index (χ1v) is 6.02. The molecule has 1 aromatic carbocycles. The summed E-state index contributed by atoms with van der Waals surface area (Å²) >= 11 is 0. The fourth-order valence-electron chi connectivity index (χ4n) is 1.41. The molecule has 0 aliphatic heterocycles. The zero-order valence-corrected chi connectivity index (χ0v) is 10.8. The van der Waals surface area contributed by atoms with Gasteiger partial charge in [-0.25, -0.2) is 5.48 Å². The summed E-state index contributed by atoms with van der Waals surface area (Å²) in [6.45, 7) is 6.50. The molecule has 0 aromatic heterocycles. The minimum absolute atomic E-state index is 0.0464. The summed E-state index contributed by atoms with van der Waals surface area (Å²) in [6, 6.07) is 9.90. The topological polar surface area (TPSA) is 38.3 Å². The zero-order chi connectivity index (χ0) is 12.7. The molecule has 17 heavy (non-hydrogen) atoms. The third kappa shape index (κ3) is 5.61. The molecule has 0 heterocycles. The lowest BCUT2D eigenvalue weighted by Gasteiger charge is -2.16. The van der Waals surface area contributed by atoms with Crippen molar-refractivity contribution in [2.45, 2.75) is 33.3 Å². The summed E-state index contributed by atoms with van der Waals surface area (Å²) in [5.74, 6) is 0.546. The van der Waals surface area contributed by atoms with Gasteiger partial charge in [0.15, 0.2) is 5.78 Å². The Balaban J connectivity index is 2.47. The molecule has 0 bridgehead atoms. The van der Waals surface area contributed by atoms with Gasteiger partial charge in [-0.1, -0.05) is 44.2 Å². The van der Waals surface area contributed by atoms with Crippen LogP contribution in [0.3, 0.4) is 0 Å². The largest absolute Gasteiger partial charge is 0.297 e. The second-order valence-electron chi connectivity index (χ2n) is 4.65. The lowest BCUT2D eigenvalue weighted by Crippen LogP contribution is -2.33. The number of hydroxylamine groups is 1. The van der Waals surface area contributed by atoms with E-state index in [1.54, 1.807) is 6.92 Å². The van der Waals surface area contributed by atoms with E-state index in [0.29, 0.717) is 12.3 Å². The number of carbonyl (C=O) groups is 1. The van der Waals surface area contributed by atoms with E-state index in [0.717, 1.165) is 12.1 Å². The highest BCUT2D eigenvalue weighted by Crippen LogP contribution is 2.06. The molecule has 94 valence electrons. The van der Waals surface area contributed by atoms with Crippen LogP contribution in [-0.2, 0) is 16.1 Å². The van der Waals surface area contributed by atoms with E-state index in [1.165, 1.54) is 0 Å². The molecule has 0 spiro atoms. The molecule has 1 aromatic rings. The van der Waals surface area contributed by atoms with Crippen LogP contribution in [0, 0.1) is 5.92 Å². The smallest absolute Gasteiger partial charge is 0.160 e. The van der Waals surface area contributed by atoms with Crippen LogP contribution in [0.4, 0.5) is 0 Å². The van der Waals surface area contributed by atoms with E-state index in [4.69, 9.17) is 4.84 Å². The Morgan fingerprint density at radius 3 is 2.47 bits per heavy atom. The van der Waals surface area contributed by atoms with Crippen molar-refractivity contribution in [1.82, 2.24) is 5.48 Å². The van der Waals surface area contributed by atoms with Crippen LogP contribution in [0.2, 0.25) is 0 Å². The average molecular weight is 235 g/mol. The van der Waals surface area contributed by atoms with Crippen LogP contribution in [0.25, 0.3) is 0 Å². The lowest BCUT2D eigenvalue weighted by molar-refractivity contribution is -0.134. The molecule has 1 atom stereocenters. The summed E-state index contributed by atoms with van der Waals surface area (Å²) < 4.78 is 0. The Hall–Kier alpha value is -1.19. The van der Waals surface area contributed by atoms with Crippen molar-refractivity contribution < 1.29 is 9.63 Å². The van der Waals surface area contributed by atoms with Gasteiger partial charge >= 0.3 is 0 Å². The summed E-state index contributed by atoms with van der Waals surface area (Å²) in [4.78, 5) is 16.9. The van der Waals surface area contributed by atoms with Crippen molar-refractivity contribution in [1.29, 1.82) is 0 Å². The van der Waals surface area contributed by atoms with Crippen LogP contribution >= 0.6 is 0 Å². The quantitative estimate of drug-likeness (QED) is 0.737. The van der Waals surface area contributed by atoms with Gasteiger partial charge in [0.2, 0.25) is 0 Å². The highest BCUT2D eigenvalue weighted by molar-refractivity contribution is 5.80. The molecule has 0 amide bonds. The Kier molecular flexibility index (Phi) is 5.87. The van der Waals surface area contributed by atoms with Gasteiger partial charge < -0.3 is 0 Å². The Morgan fingerprint density at radius 1 is 1.29 bits per heavy atom. The van der Waals surface area contributed by atoms with Gasteiger partial charge in [-0.15, -0.1) is 0 Å². The number of ketones is 1. The molecule has 0 saturated carbocycles. The summed E-state index contributed by atoms with van der Waals surface area (Å²) in [7, 11) is 0. The maximum atomic E-state index is 11.5. The van der Waals surface area contributed by atoms with Crippen LogP contribution < -0.4 is 5.48 Å². The van der Waals surface area contributed by atoms with Gasteiger partial charge in [-0.2, -0.15) is 0 Å². The second kappa shape index (κ2) is 7.20. The van der Waals surface area contributed by atoms with Crippen LogP contribution in [-0.4, -0.2) is 18.4 Å². The van der Waals surface area contributed by atoms with Gasteiger partial charge in [0.05, 0.1) is 0 Å². The number of hydrogen-bond acceptors (Lipinski definition) is 3. The first kappa shape index (κ1) is 13.9. The van der Waals surface area contributed by atoms with Crippen LogP contribution in [0.15, 0.2) is 30.3 Å². The molecule has 3 heteroatoms. The average Bonchev–Trinajstić information content (AvgIpc) is 2.28. The molecule has 0 saturated heterocycles. The van der Waals surface area contributed by atoms with Gasteiger partial charge in [0, 0.05) is 13.0 Å². The third-order valence-corrected chi connectivity index (χ3v) is 2.43. The summed E-state index contributed by atoms with van der Waals surface area (Å²) in [5, 5.41) is 0. The molecular formula is C14H21NO2. The maximum absolute atomic E-state index is 11.5. The summed E-state index contributed by atoms with van der Waals surface area (Å²) in [5.41, 5.74) is 3.98. The molecule has 1 rings (SSSR count). The predicted molar refractivity (Wildman–Crippen MR) is 68.5 cm³/mol. The van der Waals surface area contributed by atoms with Crippen molar-refractivity contribution in [2.75, 3.05) is 6.54 Å². The number of hydrogen-bond donors (Lipinski definition) is 1. The Morgan fingerprint density at radius 2 is 1.94 bits per heavy atom. The van der Waals surface area contributed by atoms with Crippen LogP contribution in [0.5, 0.6) is 0 Å². The van der Waals surface area contributed by atoms with E-state index in [2.05, 4.69) is 19.3 Å². The number of rotatable bonds is 7. The molecule has 0 aliphatic carbocycles. The number of benzene rings is 1. The molecule has 1 N–H and O–H groups in total. The molecule has 3 nitrogen and oxygen atoms in total. The highest BCUT2D eigenvalue weighted by Gasteiger charge is 2.15. The normalized spacial score (nSPS) is 12.7. The SMILES string of the molecule is CC(=O)C(Cc1ccccc1)ONCC(C)C. The number of nitrogens with one attached hydrogen (secondary N) is 1. The van der Waals surface area contributed by atoms with E-state index in [-0.39, 0.29) is 5.78 Å². The Bertz CT molecular complexity index is 335. The number of carbonyl (C=O) groups excluding carboxylic acids is 1. The highest BCUT2D eigenvalue weighted by atomic mass is 16.7. The van der Waals surface area contributed by atoms with E-state index in [1.807, 2.05) is 30.3 Å². The van der Waals surface area contributed by atoms with Gasteiger partial charge in [0.1, 0.15) is 6.10 Å².